The van der Waals surface area contributed by atoms with Crippen LogP contribution in [0.25, 0.3) is 21.9 Å². The second kappa shape index (κ2) is 32.7. The highest BCUT2D eigenvalue weighted by atomic mass is 35.5. The SMILES string of the molecule is CCCCc1nc2c(N)nc3ccc(N4CCN(CCOCCOCCOCCOCCOCCOCCOCCOCCOCCOCCC(=O)O)CC4)cc3c2[nH]1.Cl. The van der Waals surface area contributed by atoms with E-state index >= 15 is 0 Å². The second-order valence-electron chi connectivity index (χ2n) is 13.8. The van der Waals surface area contributed by atoms with Crippen LogP contribution in [-0.2, 0) is 58.6 Å². The number of benzene rings is 1. The number of H-pyrrole nitrogens is 1. The zero-order chi connectivity index (χ0) is 41.6. The van der Waals surface area contributed by atoms with Gasteiger partial charge in [0.05, 0.1) is 150 Å². The molecule has 1 saturated heterocycles. The molecule has 1 fully saturated rings. The number of ether oxygens (including phenoxy) is 10. The summed E-state index contributed by atoms with van der Waals surface area (Å²) < 4.78 is 54.9. The van der Waals surface area contributed by atoms with Gasteiger partial charge in [-0.05, 0) is 24.6 Å². The smallest absolute Gasteiger partial charge is 0.305 e. The topological polar surface area (TPSA) is 204 Å². The number of nitrogens with two attached hydrogens (primary N) is 1. The van der Waals surface area contributed by atoms with Gasteiger partial charge in [-0.1, -0.05) is 13.3 Å². The molecule has 19 heteroatoms. The molecule has 0 spiro atoms. The summed E-state index contributed by atoms with van der Waals surface area (Å²) in [6.45, 7) is 16.5. The molecule has 3 aromatic rings. The number of hydrogen-bond acceptors (Lipinski definition) is 16. The summed E-state index contributed by atoms with van der Waals surface area (Å²) in [4.78, 5) is 28.1. The lowest BCUT2D eigenvalue weighted by molar-refractivity contribution is -0.138. The molecule has 1 aromatic carbocycles. The third-order valence-corrected chi connectivity index (χ3v) is 9.35. The monoisotopic (exact) mass is 872 g/mol. The van der Waals surface area contributed by atoms with Gasteiger partial charge >= 0.3 is 5.97 Å². The van der Waals surface area contributed by atoms with Gasteiger partial charge in [0.2, 0.25) is 0 Å². The number of carbonyl (C=O) groups is 1. The molecule has 342 valence electrons. The van der Waals surface area contributed by atoms with Gasteiger partial charge in [-0.25, -0.2) is 9.97 Å². The second-order valence-corrected chi connectivity index (χ2v) is 13.8. The molecule has 0 radical (unpaired) electrons. The summed E-state index contributed by atoms with van der Waals surface area (Å²) in [6.07, 6.45) is 3.11. The van der Waals surface area contributed by atoms with Crippen LogP contribution in [0.4, 0.5) is 11.5 Å². The fourth-order valence-electron chi connectivity index (χ4n) is 6.13. The van der Waals surface area contributed by atoms with E-state index in [0.717, 1.165) is 79.7 Å². The van der Waals surface area contributed by atoms with Crippen LogP contribution in [-0.4, -0.2) is 196 Å². The number of nitrogen functional groups attached to an aromatic ring is 1. The lowest BCUT2D eigenvalue weighted by Crippen LogP contribution is -2.47. The first kappa shape index (κ1) is 51.4. The lowest BCUT2D eigenvalue weighted by Gasteiger charge is -2.36. The minimum atomic E-state index is -0.874. The highest BCUT2D eigenvalue weighted by molar-refractivity contribution is 6.07. The first-order valence-corrected chi connectivity index (χ1v) is 21.1. The summed E-state index contributed by atoms with van der Waals surface area (Å²) >= 11 is 0. The molecule has 0 unspecified atom stereocenters. The van der Waals surface area contributed by atoms with Crippen LogP contribution in [0.5, 0.6) is 0 Å². The molecule has 1 aliphatic rings. The third-order valence-electron chi connectivity index (χ3n) is 9.35. The van der Waals surface area contributed by atoms with Crippen molar-refractivity contribution in [3.8, 4) is 0 Å². The van der Waals surface area contributed by atoms with E-state index in [1.54, 1.807) is 0 Å². The minimum Gasteiger partial charge on any atom is -0.481 e. The van der Waals surface area contributed by atoms with Crippen molar-refractivity contribution >= 4 is 51.8 Å². The number of imidazole rings is 1. The number of aryl methyl sites for hydroxylation is 1. The van der Waals surface area contributed by atoms with Crippen molar-refractivity contribution < 1.29 is 57.3 Å². The number of aromatic amines is 1. The van der Waals surface area contributed by atoms with Gasteiger partial charge in [-0.3, -0.25) is 9.69 Å². The van der Waals surface area contributed by atoms with Gasteiger partial charge < -0.3 is 68.1 Å². The van der Waals surface area contributed by atoms with Crippen molar-refractivity contribution in [3.05, 3.63) is 24.0 Å². The van der Waals surface area contributed by atoms with Crippen molar-refractivity contribution in [1.29, 1.82) is 0 Å². The normalized spacial score (nSPS) is 13.4. The Morgan fingerprint density at radius 1 is 0.667 bits per heavy atom. The number of nitrogens with one attached hydrogen (secondary N) is 1. The number of aromatic nitrogens is 3. The standard InChI is InChI=1S/C41H68N6O12.ClH/c1-2-3-4-37-44-39-35-33-34(5-6-36(35)43-41(42)40(39)45-37)47-10-8-46(9-11-47)12-14-51-16-18-53-20-22-55-24-26-57-28-30-59-32-31-58-29-27-56-25-23-54-21-19-52-17-15-50-13-7-38(48)49;/h5-6,33H,2-4,7-32H2,1H3,(H2,42,43)(H,44,45)(H,48,49);1H. The number of fused-ring (bicyclic) bond motifs is 3. The number of carboxylic acid groups (broad SMARTS) is 1. The fraction of sp³-hybridized carbons (Fsp3) is 0.732. The molecule has 2 aromatic heterocycles. The summed E-state index contributed by atoms with van der Waals surface area (Å²) in [5.74, 6) is 0.573. The predicted octanol–water partition coefficient (Wildman–Crippen LogP) is 3.22. The van der Waals surface area contributed by atoms with E-state index in [1.807, 2.05) is 0 Å². The predicted molar refractivity (Wildman–Crippen MR) is 231 cm³/mol. The van der Waals surface area contributed by atoms with E-state index in [2.05, 4.69) is 44.9 Å². The van der Waals surface area contributed by atoms with Crippen molar-refractivity contribution in [2.75, 3.05) is 175 Å². The Labute approximate surface area is 360 Å². The van der Waals surface area contributed by atoms with Crippen LogP contribution in [0, 0.1) is 0 Å². The van der Waals surface area contributed by atoms with Crippen molar-refractivity contribution in [2.24, 2.45) is 0 Å². The number of halogens is 1. The molecule has 0 aliphatic carbocycles. The highest BCUT2D eigenvalue weighted by Gasteiger charge is 2.19. The molecule has 1 aliphatic heterocycles. The van der Waals surface area contributed by atoms with E-state index in [-0.39, 0.29) is 25.4 Å². The van der Waals surface area contributed by atoms with Gasteiger partial charge in [-0.15, -0.1) is 12.4 Å². The minimum absolute atomic E-state index is 0. The Morgan fingerprint density at radius 2 is 1.12 bits per heavy atom. The maximum atomic E-state index is 10.4. The summed E-state index contributed by atoms with van der Waals surface area (Å²) in [6, 6.07) is 6.43. The van der Waals surface area contributed by atoms with Gasteiger partial charge in [0.1, 0.15) is 11.3 Å². The van der Waals surface area contributed by atoms with E-state index in [9.17, 15) is 4.79 Å². The molecule has 60 heavy (non-hydrogen) atoms. The maximum Gasteiger partial charge on any atom is 0.305 e. The van der Waals surface area contributed by atoms with Crippen LogP contribution in [0.1, 0.15) is 32.0 Å². The van der Waals surface area contributed by atoms with Crippen LogP contribution >= 0.6 is 12.4 Å². The number of rotatable bonds is 37. The maximum absolute atomic E-state index is 10.4. The summed E-state index contributed by atoms with van der Waals surface area (Å²) in [5, 5.41) is 9.58. The van der Waals surface area contributed by atoms with Crippen molar-refractivity contribution in [3.63, 3.8) is 0 Å². The number of pyridine rings is 1. The number of hydrogen-bond donors (Lipinski definition) is 3. The zero-order valence-electron chi connectivity index (χ0n) is 35.5. The molecule has 0 bridgehead atoms. The Morgan fingerprint density at radius 3 is 1.57 bits per heavy atom. The lowest BCUT2D eigenvalue weighted by atomic mass is 10.1. The van der Waals surface area contributed by atoms with Crippen LogP contribution in [0.15, 0.2) is 18.2 Å². The van der Waals surface area contributed by atoms with E-state index in [1.165, 1.54) is 5.69 Å². The molecule has 0 amide bonds. The van der Waals surface area contributed by atoms with E-state index in [4.69, 9.17) is 63.2 Å². The zero-order valence-corrected chi connectivity index (χ0v) is 36.3. The number of piperazine rings is 1. The van der Waals surface area contributed by atoms with Gasteiger partial charge in [0.15, 0.2) is 5.82 Å². The molecule has 18 nitrogen and oxygen atoms in total. The molecular weight excluding hydrogens is 804 g/mol. The first-order valence-electron chi connectivity index (χ1n) is 21.1. The van der Waals surface area contributed by atoms with Crippen molar-refractivity contribution in [2.45, 2.75) is 32.6 Å². The van der Waals surface area contributed by atoms with Crippen LogP contribution in [0.2, 0.25) is 0 Å². The largest absolute Gasteiger partial charge is 0.481 e. The molecule has 4 N–H and O–H groups in total. The summed E-state index contributed by atoms with van der Waals surface area (Å²) in [7, 11) is 0. The van der Waals surface area contributed by atoms with E-state index < -0.39 is 5.97 Å². The Balaban J connectivity index is 0.00000961. The Hall–Kier alpha value is -2.98. The molecule has 0 atom stereocenters. The molecule has 3 heterocycles. The number of carboxylic acids is 1. The van der Waals surface area contributed by atoms with E-state index in [0.29, 0.717) is 131 Å². The van der Waals surface area contributed by atoms with Gasteiger partial charge in [-0.2, -0.15) is 0 Å². The number of anilines is 2. The average molecular weight is 873 g/mol. The Kier molecular flexibility index (Phi) is 28.0. The summed E-state index contributed by atoms with van der Waals surface area (Å²) in [5.41, 5.74) is 10.1. The number of aliphatic carboxylic acids is 1. The average Bonchev–Trinajstić information content (AvgIpc) is 3.69. The number of unbranched alkanes of at least 4 members (excludes halogenated alkanes) is 1. The quantitative estimate of drug-likeness (QED) is 0.0712. The van der Waals surface area contributed by atoms with Crippen molar-refractivity contribution in [1.82, 2.24) is 19.9 Å². The third kappa shape index (κ3) is 21.2. The highest BCUT2D eigenvalue weighted by Crippen LogP contribution is 2.30. The van der Waals surface area contributed by atoms with Gasteiger partial charge in [0.25, 0.3) is 0 Å². The molecule has 0 saturated carbocycles. The first-order chi connectivity index (χ1) is 29.0. The molecular formula is C41H69ClN6O12. The number of nitrogens with zero attached hydrogens (tertiary/aromatic N) is 4. The molecule has 4 rings (SSSR count). The van der Waals surface area contributed by atoms with Crippen LogP contribution < -0.4 is 10.6 Å². The van der Waals surface area contributed by atoms with Crippen LogP contribution in [0.3, 0.4) is 0 Å². The fourth-order valence-corrected chi connectivity index (χ4v) is 6.13. The van der Waals surface area contributed by atoms with Gasteiger partial charge in [0, 0.05) is 50.2 Å². The Bertz CT molecular complexity index is 1550.